The van der Waals surface area contributed by atoms with Crippen molar-refractivity contribution in [2.75, 3.05) is 4.72 Å². The minimum Gasteiger partial charge on any atom is -0.278 e. The average molecular weight is 296 g/mol. The third kappa shape index (κ3) is 3.08. The zero-order valence-corrected chi connectivity index (χ0v) is 12.2. The lowest BCUT2D eigenvalue weighted by atomic mass is 10.2. The molecule has 100 valence electrons. The highest BCUT2D eigenvalue weighted by Crippen LogP contribution is 2.26. The van der Waals surface area contributed by atoms with Gasteiger partial charge in [-0.05, 0) is 43.2 Å². The molecule has 0 aromatic heterocycles. The van der Waals surface area contributed by atoms with E-state index in [1.54, 1.807) is 43.3 Å². The average Bonchev–Trinajstić information content (AvgIpc) is 2.33. The van der Waals surface area contributed by atoms with E-state index in [0.717, 1.165) is 5.56 Å². The SMILES string of the molecule is Cc1ccc(NS(=O)(=O)c2ccccc2C)c(Cl)c1. The molecule has 0 saturated carbocycles. The molecule has 0 atom stereocenters. The van der Waals surface area contributed by atoms with Gasteiger partial charge in [0.05, 0.1) is 15.6 Å². The Hall–Kier alpha value is -1.52. The van der Waals surface area contributed by atoms with E-state index >= 15 is 0 Å². The van der Waals surface area contributed by atoms with Crippen LogP contribution in [0.4, 0.5) is 5.69 Å². The number of hydrogen-bond donors (Lipinski definition) is 1. The first-order valence-corrected chi connectivity index (χ1v) is 7.61. The summed E-state index contributed by atoms with van der Waals surface area (Å²) in [6, 6.07) is 12.0. The van der Waals surface area contributed by atoms with Crippen molar-refractivity contribution in [1.29, 1.82) is 0 Å². The fraction of sp³-hybridized carbons (Fsp3) is 0.143. The standard InChI is InChI=1S/C14H14ClNO2S/c1-10-7-8-13(12(15)9-10)16-19(17,18)14-6-4-3-5-11(14)2/h3-9,16H,1-2H3. The first kappa shape index (κ1) is 13.9. The van der Waals surface area contributed by atoms with Crippen LogP contribution in [0.25, 0.3) is 0 Å². The highest BCUT2D eigenvalue weighted by Gasteiger charge is 2.17. The minimum absolute atomic E-state index is 0.256. The van der Waals surface area contributed by atoms with Gasteiger partial charge in [-0.3, -0.25) is 4.72 Å². The Morgan fingerprint density at radius 2 is 1.74 bits per heavy atom. The van der Waals surface area contributed by atoms with E-state index in [1.165, 1.54) is 0 Å². The van der Waals surface area contributed by atoms with Crippen LogP contribution in [0.3, 0.4) is 0 Å². The van der Waals surface area contributed by atoms with Crippen LogP contribution >= 0.6 is 11.6 Å². The first-order valence-electron chi connectivity index (χ1n) is 5.75. The number of aryl methyl sites for hydroxylation is 2. The van der Waals surface area contributed by atoms with Gasteiger partial charge in [0, 0.05) is 0 Å². The molecule has 0 bridgehead atoms. The molecule has 1 N–H and O–H groups in total. The Balaban J connectivity index is 2.40. The van der Waals surface area contributed by atoms with E-state index in [2.05, 4.69) is 4.72 Å². The number of rotatable bonds is 3. The van der Waals surface area contributed by atoms with Crippen LogP contribution in [0.1, 0.15) is 11.1 Å². The number of anilines is 1. The zero-order chi connectivity index (χ0) is 14.0. The number of nitrogens with one attached hydrogen (secondary N) is 1. The predicted molar refractivity (Wildman–Crippen MR) is 78.2 cm³/mol. The molecule has 2 aromatic carbocycles. The topological polar surface area (TPSA) is 46.2 Å². The summed E-state index contributed by atoms with van der Waals surface area (Å²) < 4.78 is 27.1. The molecule has 2 aromatic rings. The second-order valence-electron chi connectivity index (χ2n) is 4.35. The number of sulfonamides is 1. The summed E-state index contributed by atoms with van der Waals surface area (Å²) in [5, 5.41) is 0.386. The van der Waals surface area contributed by atoms with Crippen LogP contribution in [0, 0.1) is 13.8 Å². The van der Waals surface area contributed by atoms with Gasteiger partial charge >= 0.3 is 0 Å². The minimum atomic E-state index is -3.61. The fourth-order valence-electron chi connectivity index (χ4n) is 1.76. The van der Waals surface area contributed by atoms with E-state index in [4.69, 9.17) is 11.6 Å². The van der Waals surface area contributed by atoms with Crippen LogP contribution in [-0.4, -0.2) is 8.42 Å². The summed E-state index contributed by atoms with van der Waals surface area (Å²) in [6.07, 6.45) is 0. The lowest BCUT2D eigenvalue weighted by molar-refractivity contribution is 0.600. The van der Waals surface area contributed by atoms with Crippen LogP contribution in [0.2, 0.25) is 5.02 Å². The molecular formula is C14H14ClNO2S. The van der Waals surface area contributed by atoms with Gasteiger partial charge < -0.3 is 0 Å². The molecule has 0 fully saturated rings. The van der Waals surface area contributed by atoms with Crippen LogP contribution in [-0.2, 0) is 10.0 Å². The molecule has 0 saturated heterocycles. The van der Waals surface area contributed by atoms with Crippen molar-refractivity contribution in [1.82, 2.24) is 0 Å². The maximum atomic E-state index is 12.3. The monoisotopic (exact) mass is 295 g/mol. The van der Waals surface area contributed by atoms with E-state index in [0.29, 0.717) is 16.3 Å². The van der Waals surface area contributed by atoms with Gasteiger partial charge in [0.1, 0.15) is 0 Å². The molecular weight excluding hydrogens is 282 g/mol. The Labute approximate surface area is 118 Å². The lowest BCUT2D eigenvalue weighted by Crippen LogP contribution is -2.14. The molecule has 0 aliphatic heterocycles. The Morgan fingerprint density at radius 3 is 2.37 bits per heavy atom. The summed E-state index contributed by atoms with van der Waals surface area (Å²) >= 11 is 6.04. The summed E-state index contributed by atoms with van der Waals surface area (Å²) in [7, 11) is -3.61. The quantitative estimate of drug-likeness (QED) is 0.937. The largest absolute Gasteiger partial charge is 0.278 e. The zero-order valence-electron chi connectivity index (χ0n) is 10.6. The van der Waals surface area contributed by atoms with E-state index in [-0.39, 0.29) is 4.90 Å². The van der Waals surface area contributed by atoms with Gasteiger partial charge in [0.25, 0.3) is 10.0 Å². The molecule has 19 heavy (non-hydrogen) atoms. The van der Waals surface area contributed by atoms with Gasteiger partial charge in [-0.2, -0.15) is 0 Å². The third-order valence-corrected chi connectivity index (χ3v) is 4.59. The predicted octanol–water partition coefficient (Wildman–Crippen LogP) is 3.76. The highest BCUT2D eigenvalue weighted by molar-refractivity contribution is 7.92. The second kappa shape index (κ2) is 5.23. The molecule has 5 heteroatoms. The molecule has 0 spiro atoms. The number of benzene rings is 2. The van der Waals surface area contributed by atoms with Crippen molar-refractivity contribution in [2.24, 2.45) is 0 Å². The van der Waals surface area contributed by atoms with Crippen molar-refractivity contribution < 1.29 is 8.42 Å². The maximum absolute atomic E-state index is 12.3. The number of halogens is 1. The molecule has 2 rings (SSSR count). The van der Waals surface area contributed by atoms with Gasteiger partial charge in [-0.15, -0.1) is 0 Å². The Bertz CT molecular complexity index is 711. The molecule has 0 radical (unpaired) electrons. The fourth-order valence-corrected chi connectivity index (χ4v) is 3.43. The second-order valence-corrected chi connectivity index (χ2v) is 6.41. The van der Waals surface area contributed by atoms with Gasteiger partial charge in [0.15, 0.2) is 0 Å². The van der Waals surface area contributed by atoms with E-state index in [1.807, 2.05) is 13.0 Å². The Morgan fingerprint density at radius 1 is 1.05 bits per heavy atom. The third-order valence-electron chi connectivity index (χ3n) is 2.75. The van der Waals surface area contributed by atoms with Crippen LogP contribution in [0.5, 0.6) is 0 Å². The number of hydrogen-bond acceptors (Lipinski definition) is 2. The van der Waals surface area contributed by atoms with E-state index < -0.39 is 10.0 Å². The summed E-state index contributed by atoms with van der Waals surface area (Å²) in [6.45, 7) is 3.65. The molecule has 0 heterocycles. The van der Waals surface area contributed by atoms with Crippen molar-refractivity contribution in [3.8, 4) is 0 Å². The smallest absolute Gasteiger partial charge is 0.262 e. The Kier molecular flexibility index (Phi) is 3.83. The normalized spacial score (nSPS) is 11.3. The van der Waals surface area contributed by atoms with Crippen molar-refractivity contribution in [2.45, 2.75) is 18.7 Å². The highest BCUT2D eigenvalue weighted by atomic mass is 35.5. The first-order chi connectivity index (χ1) is 8.90. The van der Waals surface area contributed by atoms with Gasteiger partial charge in [-0.1, -0.05) is 35.9 Å². The summed E-state index contributed by atoms with van der Waals surface area (Å²) in [4.78, 5) is 0.256. The molecule has 0 amide bonds. The molecule has 0 aliphatic rings. The van der Waals surface area contributed by atoms with Crippen molar-refractivity contribution in [3.05, 3.63) is 58.6 Å². The maximum Gasteiger partial charge on any atom is 0.262 e. The van der Waals surface area contributed by atoms with Gasteiger partial charge in [-0.25, -0.2) is 8.42 Å². The summed E-state index contributed by atoms with van der Waals surface area (Å²) in [5.74, 6) is 0. The van der Waals surface area contributed by atoms with Crippen LogP contribution in [0.15, 0.2) is 47.4 Å². The molecule has 3 nitrogen and oxygen atoms in total. The van der Waals surface area contributed by atoms with Crippen LogP contribution < -0.4 is 4.72 Å². The summed E-state index contributed by atoms with van der Waals surface area (Å²) in [5.41, 5.74) is 2.05. The lowest BCUT2D eigenvalue weighted by Gasteiger charge is -2.11. The van der Waals surface area contributed by atoms with Crippen molar-refractivity contribution >= 4 is 27.3 Å². The van der Waals surface area contributed by atoms with E-state index in [9.17, 15) is 8.42 Å². The van der Waals surface area contributed by atoms with Crippen molar-refractivity contribution in [3.63, 3.8) is 0 Å². The molecule has 0 aliphatic carbocycles. The molecule has 0 unspecified atom stereocenters. The van der Waals surface area contributed by atoms with Gasteiger partial charge in [0.2, 0.25) is 0 Å².